The Labute approximate surface area is 91.9 Å². The summed E-state index contributed by atoms with van der Waals surface area (Å²) in [6.45, 7) is 0.633. The molecule has 1 aromatic carbocycles. The third-order valence-electron chi connectivity index (χ3n) is 1.90. The van der Waals surface area contributed by atoms with Gasteiger partial charge in [-0.2, -0.15) is 0 Å². The van der Waals surface area contributed by atoms with E-state index in [1.807, 2.05) is 0 Å². The minimum absolute atomic E-state index is 0.0638. The van der Waals surface area contributed by atoms with Crippen molar-refractivity contribution in [3.05, 3.63) is 39.9 Å². The zero-order valence-electron chi connectivity index (χ0n) is 8.50. The van der Waals surface area contributed by atoms with E-state index >= 15 is 0 Å². The summed E-state index contributed by atoms with van der Waals surface area (Å²) in [5.74, 6) is 0. The molecule has 0 saturated carbocycles. The molecule has 0 atom stereocenters. The molecule has 86 valence electrons. The molecule has 6 nitrogen and oxygen atoms in total. The molecule has 0 aliphatic heterocycles. The van der Waals surface area contributed by atoms with Gasteiger partial charge in [0.25, 0.3) is 12.2 Å². The molecule has 6 heteroatoms. The van der Waals surface area contributed by atoms with Gasteiger partial charge in [-0.1, -0.05) is 12.1 Å². The maximum atomic E-state index is 10.4. The molecule has 1 aromatic rings. The number of hydrogen-bond donors (Lipinski definition) is 0. The zero-order chi connectivity index (χ0) is 11.8. The molecule has 0 aliphatic carbocycles. The van der Waals surface area contributed by atoms with Gasteiger partial charge < -0.3 is 9.47 Å². The van der Waals surface area contributed by atoms with E-state index in [9.17, 15) is 14.9 Å². The van der Waals surface area contributed by atoms with Crippen molar-refractivity contribution in [3.63, 3.8) is 0 Å². The minimum atomic E-state index is -0.446. The number of hydrogen-bond acceptors (Lipinski definition) is 5. The maximum absolute atomic E-state index is 10.4. The van der Waals surface area contributed by atoms with Crippen molar-refractivity contribution in [1.29, 1.82) is 0 Å². The number of rotatable bonds is 7. The molecule has 0 amide bonds. The van der Waals surface area contributed by atoms with Crippen LogP contribution in [0.3, 0.4) is 0 Å². The van der Waals surface area contributed by atoms with Gasteiger partial charge in [0.05, 0.1) is 11.5 Å². The molecule has 0 N–H and O–H groups in total. The Kier molecular flexibility index (Phi) is 4.94. The Hall–Kier alpha value is -1.95. The second-order valence-corrected chi connectivity index (χ2v) is 2.96. The molecule has 16 heavy (non-hydrogen) atoms. The van der Waals surface area contributed by atoms with Crippen molar-refractivity contribution in [1.82, 2.24) is 0 Å². The monoisotopic (exact) mass is 225 g/mol. The normalized spacial score (nSPS) is 9.75. The molecule has 1 rings (SSSR count). The summed E-state index contributed by atoms with van der Waals surface area (Å²) >= 11 is 0. The average molecular weight is 225 g/mol. The highest BCUT2D eigenvalue weighted by Gasteiger charge is 2.03. The first-order chi connectivity index (χ1) is 7.74. The summed E-state index contributed by atoms with van der Waals surface area (Å²) < 4.78 is 9.30. The number of benzene rings is 1. The molecule has 0 unspecified atom stereocenters. The van der Waals surface area contributed by atoms with Crippen LogP contribution in [-0.4, -0.2) is 24.8 Å². The van der Waals surface area contributed by atoms with Crippen LogP contribution in [0.1, 0.15) is 5.56 Å². The summed E-state index contributed by atoms with van der Waals surface area (Å²) in [5.41, 5.74) is 0.991. The van der Waals surface area contributed by atoms with Crippen molar-refractivity contribution in [3.8, 4) is 0 Å². The third-order valence-corrected chi connectivity index (χ3v) is 1.90. The zero-order valence-corrected chi connectivity index (χ0v) is 8.50. The quantitative estimate of drug-likeness (QED) is 0.229. The van der Waals surface area contributed by atoms with Gasteiger partial charge in [0.1, 0.15) is 0 Å². The maximum Gasteiger partial charge on any atom is 0.295 e. The van der Waals surface area contributed by atoms with Crippen LogP contribution in [0.25, 0.3) is 0 Å². The topological polar surface area (TPSA) is 78.7 Å². The molecule has 0 radical (unpaired) electrons. The van der Waals surface area contributed by atoms with E-state index in [1.54, 1.807) is 12.1 Å². The average Bonchev–Trinajstić information content (AvgIpc) is 2.29. The summed E-state index contributed by atoms with van der Waals surface area (Å²) in [4.78, 5) is 19.7. The van der Waals surface area contributed by atoms with Crippen LogP contribution in [0.2, 0.25) is 0 Å². The van der Waals surface area contributed by atoms with Crippen molar-refractivity contribution < 1.29 is 19.2 Å². The van der Waals surface area contributed by atoms with Crippen molar-refractivity contribution >= 4 is 12.2 Å². The van der Waals surface area contributed by atoms with Crippen LogP contribution in [0.4, 0.5) is 5.69 Å². The fourth-order valence-corrected chi connectivity index (χ4v) is 1.11. The summed E-state index contributed by atoms with van der Waals surface area (Å²) in [6.07, 6.45) is 0.611. The second kappa shape index (κ2) is 6.52. The lowest BCUT2D eigenvalue weighted by Gasteiger charge is -2.02. The lowest BCUT2D eigenvalue weighted by molar-refractivity contribution is -0.384. The van der Waals surface area contributed by atoms with E-state index in [0.29, 0.717) is 19.5 Å². The molecule has 0 fully saturated rings. The van der Waals surface area contributed by atoms with E-state index < -0.39 is 4.92 Å². The smallest absolute Gasteiger partial charge is 0.295 e. The number of carbonyl (C=O) groups is 1. The SMILES string of the molecule is O=COCOCCc1ccc([N+](=O)[O-])cc1. The fourth-order valence-electron chi connectivity index (χ4n) is 1.11. The number of carbonyl (C=O) groups excluding carboxylic acids is 1. The van der Waals surface area contributed by atoms with Crippen LogP contribution in [0.5, 0.6) is 0 Å². The molecule has 0 spiro atoms. The van der Waals surface area contributed by atoms with Crippen LogP contribution in [-0.2, 0) is 20.7 Å². The predicted octanol–water partition coefficient (Wildman–Crippen LogP) is 1.28. The highest BCUT2D eigenvalue weighted by atomic mass is 16.7. The molecular formula is C10H11NO5. The molecule has 0 aliphatic rings. The Morgan fingerprint density at radius 1 is 1.31 bits per heavy atom. The Bertz CT molecular complexity index is 349. The third kappa shape index (κ3) is 4.05. The van der Waals surface area contributed by atoms with Gasteiger partial charge in [0.15, 0.2) is 6.79 Å². The largest absolute Gasteiger partial charge is 0.441 e. The highest BCUT2D eigenvalue weighted by molar-refractivity contribution is 5.36. The highest BCUT2D eigenvalue weighted by Crippen LogP contribution is 2.12. The Morgan fingerprint density at radius 3 is 2.56 bits per heavy atom. The van der Waals surface area contributed by atoms with E-state index in [0.717, 1.165) is 5.56 Å². The van der Waals surface area contributed by atoms with Gasteiger partial charge in [-0.3, -0.25) is 14.9 Å². The number of nitrogens with zero attached hydrogens (tertiary/aromatic N) is 1. The van der Waals surface area contributed by atoms with Gasteiger partial charge in [0.2, 0.25) is 0 Å². The van der Waals surface area contributed by atoms with Crippen LogP contribution < -0.4 is 0 Å². The Balaban J connectivity index is 2.32. The fraction of sp³-hybridized carbons (Fsp3) is 0.300. The van der Waals surface area contributed by atoms with Crippen LogP contribution in [0.15, 0.2) is 24.3 Å². The van der Waals surface area contributed by atoms with Crippen molar-refractivity contribution in [2.24, 2.45) is 0 Å². The van der Waals surface area contributed by atoms with Gasteiger partial charge in [0, 0.05) is 12.1 Å². The molecular weight excluding hydrogens is 214 g/mol. The van der Waals surface area contributed by atoms with E-state index in [1.165, 1.54) is 12.1 Å². The molecule has 0 saturated heterocycles. The lowest BCUT2D eigenvalue weighted by Crippen LogP contribution is -2.02. The number of nitro groups is 1. The van der Waals surface area contributed by atoms with Gasteiger partial charge in [-0.05, 0) is 12.0 Å². The van der Waals surface area contributed by atoms with Crippen LogP contribution >= 0.6 is 0 Å². The molecule has 0 heterocycles. The first kappa shape index (κ1) is 12.1. The van der Waals surface area contributed by atoms with Crippen LogP contribution in [0, 0.1) is 10.1 Å². The predicted molar refractivity (Wildman–Crippen MR) is 54.8 cm³/mol. The van der Waals surface area contributed by atoms with Gasteiger partial charge in [-0.15, -0.1) is 0 Å². The van der Waals surface area contributed by atoms with Gasteiger partial charge in [-0.25, -0.2) is 0 Å². The second-order valence-electron chi connectivity index (χ2n) is 2.96. The number of non-ortho nitro benzene ring substituents is 1. The first-order valence-electron chi connectivity index (χ1n) is 4.60. The minimum Gasteiger partial charge on any atom is -0.441 e. The lowest BCUT2D eigenvalue weighted by atomic mass is 10.1. The summed E-state index contributed by atoms with van der Waals surface area (Å²) in [7, 11) is 0. The number of ether oxygens (including phenoxy) is 2. The Morgan fingerprint density at radius 2 is 2.00 bits per heavy atom. The molecule has 0 bridgehead atoms. The van der Waals surface area contributed by atoms with Crippen molar-refractivity contribution in [2.45, 2.75) is 6.42 Å². The standard InChI is InChI=1S/C10H11NO5/c12-7-16-8-15-6-5-9-1-3-10(4-2-9)11(13)14/h1-4,7H,5-6,8H2. The van der Waals surface area contributed by atoms with Gasteiger partial charge >= 0.3 is 0 Å². The van der Waals surface area contributed by atoms with Crippen molar-refractivity contribution in [2.75, 3.05) is 13.4 Å². The van der Waals surface area contributed by atoms with E-state index in [2.05, 4.69) is 4.74 Å². The number of nitro benzene ring substituents is 1. The first-order valence-corrected chi connectivity index (χ1v) is 4.60. The molecule has 0 aromatic heterocycles. The summed E-state index contributed by atoms with van der Waals surface area (Å²) in [6, 6.07) is 6.22. The summed E-state index contributed by atoms with van der Waals surface area (Å²) in [5, 5.41) is 10.4. The van der Waals surface area contributed by atoms with E-state index in [4.69, 9.17) is 4.74 Å². The van der Waals surface area contributed by atoms with E-state index in [-0.39, 0.29) is 12.5 Å².